The number of aliphatic hydroxyl groups is 1. The van der Waals surface area contributed by atoms with Gasteiger partial charge in [0.1, 0.15) is 6.10 Å². The number of benzene rings is 2. The van der Waals surface area contributed by atoms with Gasteiger partial charge in [0.15, 0.2) is 0 Å². The summed E-state index contributed by atoms with van der Waals surface area (Å²) < 4.78 is 5.12. The van der Waals surface area contributed by atoms with Crippen molar-refractivity contribution in [1.29, 1.82) is 0 Å². The van der Waals surface area contributed by atoms with Gasteiger partial charge in [-0.25, -0.2) is 4.79 Å². The van der Waals surface area contributed by atoms with Crippen molar-refractivity contribution in [2.75, 3.05) is 13.1 Å². The first-order valence-electron chi connectivity index (χ1n) is 11.0. The summed E-state index contributed by atoms with van der Waals surface area (Å²) in [6, 6.07) is 16.0. The second-order valence-corrected chi connectivity index (χ2v) is 8.10. The summed E-state index contributed by atoms with van der Waals surface area (Å²) in [4.78, 5) is 10.9. The van der Waals surface area contributed by atoms with Crippen LogP contribution in [0.1, 0.15) is 61.0 Å². The van der Waals surface area contributed by atoms with Gasteiger partial charge < -0.3 is 38.5 Å². The SMILES string of the molecule is Br.C.N.NCCCCCN.N[C@@H]1c2ccccc2C[C@@H]1O.O=C1N[C@@H]2c3ccccc3C[C@@H]2O1. The van der Waals surface area contributed by atoms with Crippen molar-refractivity contribution in [1.82, 2.24) is 11.5 Å². The highest BCUT2D eigenvalue weighted by molar-refractivity contribution is 8.93. The fraction of sp³-hybridized carbons (Fsp3) is 0.480. The number of carbonyl (C=O) groups excluding carboxylic acids is 1. The van der Waals surface area contributed by atoms with Gasteiger partial charge in [-0.3, -0.25) is 0 Å². The number of hydrogen-bond acceptors (Lipinski definition) is 7. The van der Waals surface area contributed by atoms with Crippen molar-refractivity contribution in [3.05, 3.63) is 70.8 Å². The standard InChI is InChI=1S/C10H9NO2.C9H11NO.C5H14N2.CH4.BrH.H3N/c12-10-11-9-7-4-2-1-3-6(7)5-8(9)13-10;10-9-7-4-2-1-3-6(7)5-8(9)11;6-4-2-1-3-5-7;;;/h1-4,8-9H,5H2,(H,11,12);1-4,8-9,11H,5,10H2;1-7H2;1H4;1H;1H3/t2*8-,9+;;;;/m00..../s1. The highest BCUT2D eigenvalue weighted by Gasteiger charge is 2.41. The summed E-state index contributed by atoms with van der Waals surface area (Å²) in [7, 11) is 0. The van der Waals surface area contributed by atoms with Crippen molar-refractivity contribution in [2.24, 2.45) is 17.2 Å². The zero-order chi connectivity index (χ0) is 22.2. The molecule has 1 saturated heterocycles. The number of amides is 1. The molecule has 2 aliphatic carbocycles. The molecule has 34 heavy (non-hydrogen) atoms. The molecule has 0 bridgehead atoms. The average molecular weight is 541 g/mol. The van der Waals surface area contributed by atoms with Gasteiger partial charge in [0.25, 0.3) is 0 Å². The molecule has 4 atom stereocenters. The molecule has 0 radical (unpaired) electrons. The third-order valence-corrected chi connectivity index (χ3v) is 5.88. The number of aliphatic hydroxyl groups excluding tert-OH is 1. The van der Waals surface area contributed by atoms with Crippen molar-refractivity contribution in [3.63, 3.8) is 0 Å². The molecule has 2 aromatic carbocycles. The summed E-state index contributed by atoms with van der Waals surface area (Å²) in [6.07, 6.45) is 4.33. The highest BCUT2D eigenvalue weighted by Crippen LogP contribution is 2.36. The fourth-order valence-corrected chi connectivity index (χ4v) is 4.21. The second kappa shape index (κ2) is 15.8. The van der Waals surface area contributed by atoms with E-state index in [0.717, 1.165) is 37.9 Å². The Bertz CT molecular complexity index is 866. The number of rotatable bonds is 4. The Morgan fingerprint density at radius 3 is 2.00 bits per heavy atom. The highest BCUT2D eigenvalue weighted by atomic mass is 79.9. The lowest BCUT2D eigenvalue weighted by atomic mass is 10.1. The van der Waals surface area contributed by atoms with E-state index >= 15 is 0 Å². The predicted octanol–water partition coefficient (Wildman–Crippen LogP) is 3.45. The molecule has 0 saturated carbocycles. The smallest absolute Gasteiger partial charge is 0.408 e. The van der Waals surface area contributed by atoms with E-state index in [1.54, 1.807) is 0 Å². The molecule has 8 nitrogen and oxygen atoms in total. The molecule has 1 fully saturated rings. The van der Waals surface area contributed by atoms with Crippen LogP contribution in [0.15, 0.2) is 48.5 Å². The molecule has 0 unspecified atom stereocenters. The third kappa shape index (κ3) is 8.04. The minimum atomic E-state index is -0.382. The van der Waals surface area contributed by atoms with Gasteiger partial charge in [-0.1, -0.05) is 62.4 Å². The molecular weight excluding hydrogens is 498 g/mol. The van der Waals surface area contributed by atoms with Crippen molar-refractivity contribution in [3.8, 4) is 0 Å². The molecular formula is C25H42BrN5O3. The van der Waals surface area contributed by atoms with Crippen LogP contribution in [0, 0.1) is 0 Å². The van der Waals surface area contributed by atoms with Crippen LogP contribution in [0.3, 0.4) is 0 Å². The molecule has 1 amide bonds. The van der Waals surface area contributed by atoms with Crippen molar-refractivity contribution >= 4 is 23.1 Å². The Morgan fingerprint density at radius 2 is 1.44 bits per heavy atom. The van der Waals surface area contributed by atoms with E-state index in [9.17, 15) is 9.90 Å². The van der Waals surface area contributed by atoms with Gasteiger partial charge in [0.05, 0.1) is 18.2 Å². The number of alkyl carbamates (subject to hydrolysis) is 1. The minimum Gasteiger partial charge on any atom is -0.443 e. The Balaban J connectivity index is 0.000000481. The topological polar surface area (TPSA) is 172 Å². The zero-order valence-electron chi connectivity index (χ0n) is 19.0. The molecule has 0 spiro atoms. The predicted molar refractivity (Wildman–Crippen MR) is 143 cm³/mol. The largest absolute Gasteiger partial charge is 0.443 e. The number of unbranched alkanes of at least 4 members (excludes halogenated alkanes) is 2. The zero-order valence-corrected chi connectivity index (χ0v) is 20.7. The van der Waals surface area contributed by atoms with Crippen molar-refractivity contribution < 1.29 is 14.6 Å². The first-order valence-corrected chi connectivity index (χ1v) is 11.0. The van der Waals surface area contributed by atoms with Gasteiger partial charge in [-0.05, 0) is 48.2 Å². The third-order valence-electron chi connectivity index (χ3n) is 5.88. The van der Waals surface area contributed by atoms with E-state index in [0.29, 0.717) is 6.42 Å². The van der Waals surface area contributed by atoms with E-state index in [-0.39, 0.29) is 60.9 Å². The first-order chi connectivity index (χ1) is 15.0. The average Bonchev–Trinajstić information content (AvgIpc) is 3.40. The van der Waals surface area contributed by atoms with Gasteiger partial charge in [0, 0.05) is 12.8 Å². The van der Waals surface area contributed by atoms with Gasteiger partial charge in [0.2, 0.25) is 0 Å². The van der Waals surface area contributed by atoms with Crippen LogP contribution in [-0.4, -0.2) is 36.5 Å². The molecule has 2 aromatic rings. The summed E-state index contributed by atoms with van der Waals surface area (Å²) in [5.41, 5.74) is 21.0. The Morgan fingerprint density at radius 1 is 0.912 bits per heavy atom. The molecule has 1 aliphatic heterocycles. The molecule has 0 aromatic heterocycles. The first kappa shape index (κ1) is 32.0. The Labute approximate surface area is 214 Å². The quantitative estimate of drug-likeness (QED) is 0.322. The maximum absolute atomic E-state index is 10.9. The van der Waals surface area contributed by atoms with E-state index in [2.05, 4.69) is 17.4 Å². The summed E-state index contributed by atoms with van der Waals surface area (Å²) >= 11 is 0. The number of nitrogens with two attached hydrogens (primary N) is 3. The molecule has 5 rings (SSSR count). The summed E-state index contributed by atoms with van der Waals surface area (Å²) in [6.45, 7) is 1.61. The van der Waals surface area contributed by atoms with Crippen LogP contribution in [0.4, 0.5) is 4.79 Å². The molecule has 192 valence electrons. The van der Waals surface area contributed by atoms with Crippen molar-refractivity contribution in [2.45, 2.75) is 63.8 Å². The number of carbonyl (C=O) groups is 1. The lowest BCUT2D eigenvalue weighted by molar-refractivity contribution is 0.136. The van der Waals surface area contributed by atoms with Gasteiger partial charge in [-0.2, -0.15) is 0 Å². The number of nitrogens with one attached hydrogen (secondary N) is 1. The molecule has 11 N–H and O–H groups in total. The number of ether oxygens (including phenoxy) is 1. The van der Waals surface area contributed by atoms with Crippen LogP contribution < -0.4 is 28.7 Å². The maximum Gasteiger partial charge on any atom is 0.408 e. The number of halogens is 1. The van der Waals surface area contributed by atoms with E-state index < -0.39 is 0 Å². The van der Waals surface area contributed by atoms with Crippen LogP contribution in [0.5, 0.6) is 0 Å². The lowest BCUT2D eigenvalue weighted by Gasteiger charge is -2.07. The minimum absolute atomic E-state index is 0. The summed E-state index contributed by atoms with van der Waals surface area (Å²) in [5, 5.41) is 12.2. The normalized spacial score (nSPS) is 22.3. The van der Waals surface area contributed by atoms with E-state index in [1.165, 1.54) is 23.1 Å². The van der Waals surface area contributed by atoms with Crippen LogP contribution in [-0.2, 0) is 17.6 Å². The second-order valence-electron chi connectivity index (χ2n) is 8.10. The van der Waals surface area contributed by atoms with E-state index in [4.69, 9.17) is 21.9 Å². The van der Waals surface area contributed by atoms with Crippen LogP contribution in [0.2, 0.25) is 0 Å². The number of hydrogen-bond donors (Lipinski definition) is 6. The molecule has 9 heteroatoms. The molecule has 3 aliphatic rings. The Hall–Kier alpha value is -2.01. The Kier molecular flexibility index (Phi) is 14.9. The maximum atomic E-state index is 10.9. The van der Waals surface area contributed by atoms with Crippen LogP contribution in [0.25, 0.3) is 0 Å². The molecule has 1 heterocycles. The fourth-order valence-electron chi connectivity index (χ4n) is 4.21. The summed E-state index contributed by atoms with van der Waals surface area (Å²) in [5.74, 6) is 0. The van der Waals surface area contributed by atoms with Gasteiger partial charge in [-0.15, -0.1) is 17.0 Å². The van der Waals surface area contributed by atoms with E-state index in [1.807, 2.05) is 36.4 Å². The number of fused-ring (bicyclic) bond motifs is 4. The van der Waals surface area contributed by atoms with Gasteiger partial charge >= 0.3 is 6.09 Å². The monoisotopic (exact) mass is 539 g/mol. The van der Waals surface area contributed by atoms with Crippen LogP contribution >= 0.6 is 17.0 Å². The lowest BCUT2D eigenvalue weighted by Crippen LogP contribution is -2.21.